The van der Waals surface area contributed by atoms with Crippen molar-refractivity contribution in [1.82, 2.24) is 4.90 Å². The van der Waals surface area contributed by atoms with Crippen molar-refractivity contribution >= 4 is 23.6 Å². The van der Waals surface area contributed by atoms with Crippen LogP contribution in [-0.2, 0) is 11.3 Å². The molecule has 2 aromatic rings. The predicted molar refractivity (Wildman–Crippen MR) is 101 cm³/mol. The summed E-state index contributed by atoms with van der Waals surface area (Å²) in [5.41, 5.74) is 1.86. The largest absolute Gasteiger partial charge is 0.491 e. The van der Waals surface area contributed by atoms with Crippen molar-refractivity contribution in [3.63, 3.8) is 0 Å². The Kier molecular flexibility index (Phi) is 6.90. The molecule has 0 fully saturated rings. The first-order valence-electron chi connectivity index (χ1n) is 8.02. The molecule has 0 heterocycles. The van der Waals surface area contributed by atoms with Crippen LogP contribution in [0.3, 0.4) is 0 Å². The molecule has 0 aliphatic carbocycles. The van der Waals surface area contributed by atoms with Gasteiger partial charge in [0, 0.05) is 19.7 Å². The summed E-state index contributed by atoms with van der Waals surface area (Å²) in [5, 5.41) is 0.443. The van der Waals surface area contributed by atoms with Gasteiger partial charge in [-0.3, -0.25) is 4.79 Å². The fourth-order valence-electron chi connectivity index (χ4n) is 2.38. The summed E-state index contributed by atoms with van der Waals surface area (Å²) in [5.74, 6) is 0.962. The maximum Gasteiger partial charge on any atom is 0.246 e. The highest BCUT2D eigenvalue weighted by Crippen LogP contribution is 2.36. The molecule has 2 aromatic carbocycles. The number of hydrogen-bond acceptors (Lipinski definition) is 3. The Labute approximate surface area is 153 Å². The van der Waals surface area contributed by atoms with Gasteiger partial charge in [0.15, 0.2) is 11.5 Å². The lowest BCUT2D eigenvalue weighted by atomic mass is 10.1. The maximum atomic E-state index is 12.3. The molecule has 0 atom stereocenters. The number of halogens is 1. The van der Waals surface area contributed by atoms with Gasteiger partial charge < -0.3 is 14.4 Å². The summed E-state index contributed by atoms with van der Waals surface area (Å²) in [7, 11) is 3.31. The van der Waals surface area contributed by atoms with Crippen molar-refractivity contribution in [1.29, 1.82) is 0 Å². The quantitative estimate of drug-likeness (QED) is 0.687. The number of amides is 1. The van der Waals surface area contributed by atoms with Crippen LogP contribution < -0.4 is 9.47 Å². The van der Waals surface area contributed by atoms with Crippen LogP contribution in [0.1, 0.15) is 18.1 Å². The van der Waals surface area contributed by atoms with Crippen molar-refractivity contribution in [3.8, 4) is 11.5 Å². The highest BCUT2D eigenvalue weighted by Gasteiger charge is 2.11. The van der Waals surface area contributed by atoms with Crippen LogP contribution in [0.5, 0.6) is 11.5 Å². The van der Waals surface area contributed by atoms with Gasteiger partial charge in [-0.1, -0.05) is 41.9 Å². The molecule has 5 heteroatoms. The summed E-state index contributed by atoms with van der Waals surface area (Å²) in [6.45, 7) is 2.94. The summed E-state index contributed by atoms with van der Waals surface area (Å²) < 4.78 is 10.8. The Bertz CT molecular complexity index is 744. The third-order valence-electron chi connectivity index (χ3n) is 3.59. The Morgan fingerprint density at radius 1 is 1.24 bits per heavy atom. The topological polar surface area (TPSA) is 38.8 Å². The molecule has 0 saturated carbocycles. The minimum absolute atomic E-state index is 0.0891. The SMILES string of the molecule is CCOc1cc(/C=C/C(=O)N(C)Cc2ccccc2)cc(Cl)c1OC. The lowest BCUT2D eigenvalue weighted by Gasteiger charge is -2.15. The van der Waals surface area contributed by atoms with E-state index < -0.39 is 0 Å². The van der Waals surface area contributed by atoms with Crippen molar-refractivity contribution in [3.05, 3.63) is 64.7 Å². The first kappa shape index (κ1) is 18.9. The highest BCUT2D eigenvalue weighted by molar-refractivity contribution is 6.32. The van der Waals surface area contributed by atoms with E-state index in [1.54, 1.807) is 37.3 Å². The van der Waals surface area contributed by atoms with Gasteiger partial charge in [0.2, 0.25) is 5.91 Å². The Morgan fingerprint density at radius 2 is 1.96 bits per heavy atom. The molecular formula is C20H22ClNO3. The Morgan fingerprint density at radius 3 is 2.60 bits per heavy atom. The molecule has 0 aliphatic heterocycles. The zero-order chi connectivity index (χ0) is 18.2. The van der Waals surface area contributed by atoms with E-state index in [1.165, 1.54) is 6.08 Å². The van der Waals surface area contributed by atoms with Gasteiger partial charge in [-0.25, -0.2) is 0 Å². The Balaban J connectivity index is 2.11. The van der Waals surface area contributed by atoms with Crippen LogP contribution in [0.25, 0.3) is 6.08 Å². The van der Waals surface area contributed by atoms with Crippen molar-refractivity contribution in [2.24, 2.45) is 0 Å². The van der Waals surface area contributed by atoms with E-state index in [0.29, 0.717) is 29.7 Å². The second kappa shape index (κ2) is 9.14. The van der Waals surface area contributed by atoms with Crippen LogP contribution in [0.4, 0.5) is 0 Å². The molecule has 2 rings (SSSR count). The van der Waals surface area contributed by atoms with E-state index in [4.69, 9.17) is 21.1 Å². The average molecular weight is 360 g/mol. The monoisotopic (exact) mass is 359 g/mol. The lowest BCUT2D eigenvalue weighted by Crippen LogP contribution is -2.24. The van der Waals surface area contributed by atoms with Crippen molar-refractivity contribution in [2.45, 2.75) is 13.5 Å². The Hall–Kier alpha value is -2.46. The van der Waals surface area contributed by atoms with E-state index in [1.807, 2.05) is 37.3 Å². The molecule has 0 radical (unpaired) electrons. The molecule has 0 spiro atoms. The second-order valence-corrected chi connectivity index (χ2v) is 5.89. The first-order chi connectivity index (χ1) is 12.0. The van der Waals surface area contributed by atoms with Gasteiger partial charge in [-0.05, 0) is 36.3 Å². The lowest BCUT2D eigenvalue weighted by molar-refractivity contribution is -0.125. The van der Waals surface area contributed by atoms with Gasteiger partial charge in [0.25, 0.3) is 0 Å². The minimum atomic E-state index is -0.0891. The van der Waals surface area contributed by atoms with E-state index in [9.17, 15) is 4.79 Å². The van der Waals surface area contributed by atoms with E-state index >= 15 is 0 Å². The summed E-state index contributed by atoms with van der Waals surface area (Å²) in [6.07, 6.45) is 3.24. The fraction of sp³-hybridized carbons (Fsp3) is 0.250. The smallest absolute Gasteiger partial charge is 0.246 e. The number of rotatable bonds is 7. The zero-order valence-electron chi connectivity index (χ0n) is 14.7. The van der Waals surface area contributed by atoms with Gasteiger partial charge in [0.05, 0.1) is 18.7 Å². The fourth-order valence-corrected chi connectivity index (χ4v) is 2.67. The van der Waals surface area contributed by atoms with Crippen LogP contribution in [0.15, 0.2) is 48.5 Å². The standard InChI is InChI=1S/C20H22ClNO3/c1-4-25-18-13-16(12-17(21)20(18)24-3)10-11-19(23)22(2)14-15-8-6-5-7-9-15/h5-13H,4,14H2,1-3H3/b11-10+. The number of likely N-dealkylation sites (N-methyl/N-ethyl adjacent to an activating group) is 1. The highest BCUT2D eigenvalue weighted by atomic mass is 35.5. The third-order valence-corrected chi connectivity index (χ3v) is 3.87. The summed E-state index contributed by atoms with van der Waals surface area (Å²) in [6, 6.07) is 13.4. The molecule has 0 bridgehead atoms. The van der Waals surface area contributed by atoms with Gasteiger partial charge >= 0.3 is 0 Å². The minimum Gasteiger partial charge on any atom is -0.491 e. The first-order valence-corrected chi connectivity index (χ1v) is 8.40. The van der Waals surface area contributed by atoms with Crippen LogP contribution in [-0.4, -0.2) is 31.6 Å². The van der Waals surface area contributed by atoms with Crippen molar-refractivity contribution in [2.75, 3.05) is 20.8 Å². The molecule has 0 saturated heterocycles. The molecule has 25 heavy (non-hydrogen) atoms. The molecule has 0 N–H and O–H groups in total. The number of ether oxygens (including phenoxy) is 2. The molecule has 0 aliphatic rings. The maximum absolute atomic E-state index is 12.3. The zero-order valence-corrected chi connectivity index (χ0v) is 15.4. The molecule has 132 valence electrons. The summed E-state index contributed by atoms with van der Waals surface area (Å²) >= 11 is 6.22. The average Bonchev–Trinajstić information content (AvgIpc) is 2.60. The molecule has 1 amide bonds. The van der Waals surface area contributed by atoms with Crippen LogP contribution in [0.2, 0.25) is 5.02 Å². The number of carbonyl (C=O) groups is 1. The molecule has 0 unspecified atom stereocenters. The number of benzene rings is 2. The van der Waals surface area contributed by atoms with Gasteiger partial charge in [-0.2, -0.15) is 0 Å². The van der Waals surface area contributed by atoms with Gasteiger partial charge in [0.1, 0.15) is 0 Å². The second-order valence-electron chi connectivity index (χ2n) is 5.48. The number of nitrogens with zero attached hydrogens (tertiary/aromatic N) is 1. The third kappa shape index (κ3) is 5.26. The summed E-state index contributed by atoms with van der Waals surface area (Å²) in [4.78, 5) is 13.9. The molecule has 4 nitrogen and oxygen atoms in total. The van der Waals surface area contributed by atoms with E-state index in [2.05, 4.69) is 0 Å². The van der Waals surface area contributed by atoms with Crippen molar-refractivity contribution < 1.29 is 14.3 Å². The predicted octanol–water partition coefficient (Wildman–Crippen LogP) is 4.42. The van der Waals surface area contributed by atoms with Crippen LogP contribution >= 0.6 is 11.6 Å². The number of methoxy groups -OCH3 is 1. The number of carbonyl (C=O) groups excluding carboxylic acids is 1. The molecule has 0 aromatic heterocycles. The van der Waals surface area contributed by atoms with Crippen LogP contribution in [0, 0.1) is 0 Å². The number of hydrogen-bond donors (Lipinski definition) is 0. The molecular weight excluding hydrogens is 338 g/mol. The van der Waals surface area contributed by atoms with E-state index in [0.717, 1.165) is 11.1 Å². The van der Waals surface area contributed by atoms with E-state index in [-0.39, 0.29) is 5.91 Å². The normalized spacial score (nSPS) is 10.7. The van der Waals surface area contributed by atoms with Gasteiger partial charge in [-0.15, -0.1) is 0 Å².